The molecular weight excluding hydrogens is 483 g/mol. The van der Waals surface area contributed by atoms with E-state index < -0.39 is 18.5 Å². The lowest BCUT2D eigenvalue weighted by Gasteiger charge is -2.29. The highest BCUT2D eigenvalue weighted by Gasteiger charge is 2.31. The fourth-order valence-electron chi connectivity index (χ4n) is 4.21. The average molecular weight is 516 g/mol. The first-order valence-corrected chi connectivity index (χ1v) is 12.3. The number of allylic oxidation sites excluding steroid dienone is 3. The molecule has 0 fully saturated rings. The number of halogens is 3. The first kappa shape index (κ1) is 28.0. The number of amides is 1. The maximum Gasteiger partial charge on any atom is 0.573 e. The molecule has 1 aliphatic carbocycles. The van der Waals surface area contributed by atoms with Crippen LogP contribution in [0.5, 0.6) is 5.75 Å². The summed E-state index contributed by atoms with van der Waals surface area (Å²) in [6.45, 7) is 6.20. The van der Waals surface area contributed by atoms with Crippen LogP contribution in [0, 0.1) is 11.8 Å². The van der Waals surface area contributed by atoms with Gasteiger partial charge in [0.15, 0.2) is 5.78 Å². The Morgan fingerprint density at radius 3 is 2.30 bits per heavy atom. The first-order chi connectivity index (χ1) is 17.5. The summed E-state index contributed by atoms with van der Waals surface area (Å²) in [5.41, 5.74) is 3.32. The van der Waals surface area contributed by atoms with Crippen LogP contribution in [0.1, 0.15) is 56.0 Å². The molecule has 1 N–H and O–H groups in total. The van der Waals surface area contributed by atoms with E-state index in [1.807, 2.05) is 51.1 Å². The third kappa shape index (κ3) is 8.81. The van der Waals surface area contributed by atoms with Gasteiger partial charge >= 0.3 is 12.5 Å². The highest BCUT2D eigenvalue weighted by molar-refractivity contribution is 5.96. The lowest BCUT2D eigenvalue weighted by atomic mass is 9.81. The molecule has 0 aliphatic heterocycles. The number of nitrogens with one attached hydrogen (secondary N) is 1. The van der Waals surface area contributed by atoms with Crippen LogP contribution in [0.25, 0.3) is 5.57 Å². The second-order valence-electron chi connectivity index (χ2n) is 9.55. The second kappa shape index (κ2) is 12.6. The highest BCUT2D eigenvalue weighted by Crippen LogP contribution is 2.35. The third-order valence-corrected chi connectivity index (χ3v) is 6.03. The lowest BCUT2D eigenvalue weighted by molar-refractivity contribution is -0.274. The highest BCUT2D eigenvalue weighted by atomic mass is 19.4. The minimum atomic E-state index is -4.74. The van der Waals surface area contributed by atoms with Gasteiger partial charge in [-0.1, -0.05) is 75.4 Å². The number of carbonyl (C=O) groups excluding carboxylic acids is 2. The number of alkyl halides is 3. The van der Waals surface area contributed by atoms with Gasteiger partial charge < -0.3 is 14.8 Å². The molecule has 0 bridgehead atoms. The molecule has 0 spiro atoms. The quantitative estimate of drug-likeness (QED) is 0.336. The molecule has 1 aliphatic rings. The number of benzene rings is 2. The summed E-state index contributed by atoms with van der Waals surface area (Å²) in [5.74, 6) is -0.0722. The molecule has 0 saturated carbocycles. The molecule has 0 heterocycles. The van der Waals surface area contributed by atoms with Crippen LogP contribution in [0.3, 0.4) is 0 Å². The van der Waals surface area contributed by atoms with Crippen LogP contribution >= 0.6 is 0 Å². The van der Waals surface area contributed by atoms with Crippen LogP contribution in [0.2, 0.25) is 0 Å². The minimum absolute atomic E-state index is 0.00981. The average Bonchev–Trinajstić information content (AvgIpc) is 2.85. The summed E-state index contributed by atoms with van der Waals surface area (Å²) in [6, 6.07) is 14.4. The molecule has 37 heavy (non-hydrogen) atoms. The van der Waals surface area contributed by atoms with Crippen molar-refractivity contribution in [3.05, 3.63) is 83.4 Å². The van der Waals surface area contributed by atoms with Crippen molar-refractivity contribution in [2.45, 2.75) is 52.4 Å². The zero-order valence-corrected chi connectivity index (χ0v) is 21.2. The van der Waals surface area contributed by atoms with Crippen molar-refractivity contribution in [1.29, 1.82) is 0 Å². The molecule has 2 atom stereocenters. The van der Waals surface area contributed by atoms with Crippen LogP contribution in [-0.2, 0) is 4.74 Å². The smallest absolute Gasteiger partial charge is 0.449 e. The van der Waals surface area contributed by atoms with E-state index in [-0.39, 0.29) is 36.4 Å². The van der Waals surface area contributed by atoms with Gasteiger partial charge in [0.2, 0.25) is 0 Å². The number of rotatable bonds is 10. The Labute approximate surface area is 215 Å². The van der Waals surface area contributed by atoms with Gasteiger partial charge in [0, 0.05) is 12.0 Å². The van der Waals surface area contributed by atoms with Gasteiger partial charge in [-0.15, -0.1) is 13.2 Å². The summed E-state index contributed by atoms with van der Waals surface area (Å²) in [6.07, 6.45) is -0.163. The molecule has 0 radical (unpaired) electrons. The third-order valence-electron chi connectivity index (χ3n) is 6.03. The number of ether oxygens (including phenoxy) is 2. The zero-order valence-electron chi connectivity index (χ0n) is 21.2. The van der Waals surface area contributed by atoms with Crippen molar-refractivity contribution in [1.82, 2.24) is 5.32 Å². The van der Waals surface area contributed by atoms with Crippen molar-refractivity contribution in [3.63, 3.8) is 0 Å². The molecule has 5 nitrogen and oxygen atoms in total. The topological polar surface area (TPSA) is 64.6 Å². The van der Waals surface area contributed by atoms with Gasteiger partial charge in [-0.2, -0.15) is 0 Å². The summed E-state index contributed by atoms with van der Waals surface area (Å²) in [5, 5.41) is 2.93. The van der Waals surface area contributed by atoms with E-state index in [4.69, 9.17) is 4.74 Å². The normalized spacial score (nSPS) is 16.5. The monoisotopic (exact) mass is 515 g/mol. The molecule has 0 saturated heterocycles. The number of hydrogen-bond donors (Lipinski definition) is 1. The van der Waals surface area contributed by atoms with Crippen molar-refractivity contribution in [2.24, 2.45) is 11.8 Å². The first-order valence-electron chi connectivity index (χ1n) is 12.3. The van der Waals surface area contributed by atoms with Crippen LogP contribution in [0.15, 0.2) is 72.3 Å². The van der Waals surface area contributed by atoms with Gasteiger partial charge in [-0.05, 0) is 53.5 Å². The molecule has 2 aromatic carbocycles. The summed E-state index contributed by atoms with van der Waals surface area (Å²) in [7, 11) is 0. The van der Waals surface area contributed by atoms with Crippen molar-refractivity contribution >= 4 is 17.4 Å². The molecule has 3 rings (SSSR count). The Bertz CT molecular complexity index is 1120. The van der Waals surface area contributed by atoms with E-state index in [9.17, 15) is 22.8 Å². The summed E-state index contributed by atoms with van der Waals surface area (Å²) < 4.78 is 46.6. The maximum atomic E-state index is 12.7. The summed E-state index contributed by atoms with van der Waals surface area (Å²) in [4.78, 5) is 25.2. The number of hydrogen-bond acceptors (Lipinski definition) is 4. The van der Waals surface area contributed by atoms with E-state index in [1.165, 1.54) is 12.1 Å². The minimum Gasteiger partial charge on any atom is -0.449 e. The van der Waals surface area contributed by atoms with E-state index >= 15 is 0 Å². The van der Waals surface area contributed by atoms with E-state index in [1.54, 1.807) is 24.3 Å². The van der Waals surface area contributed by atoms with E-state index in [0.29, 0.717) is 18.4 Å². The Balaban J connectivity index is 1.76. The Morgan fingerprint density at radius 1 is 1.03 bits per heavy atom. The van der Waals surface area contributed by atoms with Gasteiger partial charge in [-0.3, -0.25) is 4.79 Å². The number of alkyl carbamates (subject to hydrolysis) is 1. The van der Waals surface area contributed by atoms with Crippen molar-refractivity contribution < 1.29 is 32.2 Å². The zero-order chi connectivity index (χ0) is 27.0. The van der Waals surface area contributed by atoms with E-state index in [2.05, 4.69) is 10.1 Å². The van der Waals surface area contributed by atoms with E-state index in [0.717, 1.165) is 16.7 Å². The Morgan fingerprint density at radius 2 is 1.70 bits per heavy atom. The fourth-order valence-corrected chi connectivity index (χ4v) is 4.21. The number of ketones is 1. The van der Waals surface area contributed by atoms with Crippen molar-refractivity contribution in [2.75, 3.05) is 6.61 Å². The molecule has 8 heteroatoms. The molecular formula is C29H32F3NO4. The van der Waals surface area contributed by atoms with Gasteiger partial charge in [0.05, 0.1) is 12.6 Å². The summed E-state index contributed by atoms with van der Waals surface area (Å²) >= 11 is 0. The maximum absolute atomic E-state index is 12.7. The lowest BCUT2D eigenvalue weighted by Crippen LogP contribution is -2.39. The molecule has 2 unspecified atom stereocenters. The number of carbonyl (C=O) groups is 2. The molecule has 0 aromatic heterocycles. The van der Waals surface area contributed by atoms with Crippen LogP contribution in [0.4, 0.5) is 18.0 Å². The predicted molar refractivity (Wildman–Crippen MR) is 136 cm³/mol. The largest absolute Gasteiger partial charge is 0.573 e. The predicted octanol–water partition coefficient (Wildman–Crippen LogP) is 7.35. The molecule has 198 valence electrons. The standard InChI is InChI=1S/C29H32F3NO4/c1-19(2)18-36-28(35)33-26(15-16-27(34)22-7-5-4-6-8-22)25-14-11-23(17-20(25)3)21-9-12-24(13-10-21)37-29(30,31)32/h4-14,19-20,26H,15-18H2,1-3H3,(H,33,35). The number of Topliss-reactive ketones (excluding diaryl/α,β-unsaturated/α-hetero) is 1. The SMILES string of the molecule is CC(C)COC(=O)NC(CCC(=O)c1ccccc1)C1=CC=C(c2ccc(OC(F)(F)F)cc2)CC1C. The van der Waals surface area contributed by atoms with Gasteiger partial charge in [0.1, 0.15) is 5.75 Å². The fraction of sp³-hybridized carbons (Fsp3) is 0.379. The second-order valence-corrected chi connectivity index (χ2v) is 9.55. The Hall–Kier alpha value is -3.55. The van der Waals surface area contributed by atoms with Crippen molar-refractivity contribution in [3.8, 4) is 5.75 Å². The molecule has 2 aromatic rings. The van der Waals surface area contributed by atoms with Gasteiger partial charge in [-0.25, -0.2) is 4.79 Å². The van der Waals surface area contributed by atoms with Gasteiger partial charge in [0.25, 0.3) is 0 Å². The van der Waals surface area contributed by atoms with Crippen LogP contribution in [-0.4, -0.2) is 30.9 Å². The Kier molecular flexibility index (Phi) is 9.55. The van der Waals surface area contributed by atoms with Crippen LogP contribution < -0.4 is 10.1 Å². The molecule has 1 amide bonds.